The molecule has 0 saturated carbocycles. The van der Waals surface area contributed by atoms with E-state index >= 15 is 0 Å². The van der Waals surface area contributed by atoms with E-state index in [9.17, 15) is 4.21 Å². The summed E-state index contributed by atoms with van der Waals surface area (Å²) < 4.78 is 11.8. The Labute approximate surface area is 137 Å². The lowest BCUT2D eigenvalue weighted by Crippen LogP contribution is -2.38. The fourth-order valence-corrected chi connectivity index (χ4v) is 2.73. The van der Waals surface area contributed by atoms with Crippen molar-refractivity contribution in [3.05, 3.63) is 35.9 Å². The second kappa shape index (κ2) is 9.62. The van der Waals surface area contributed by atoms with E-state index in [1.165, 1.54) is 5.56 Å². The van der Waals surface area contributed by atoms with Crippen LogP contribution in [0.5, 0.6) is 0 Å². The minimum Gasteiger partial charge on any atom is -0.357 e. The zero-order valence-corrected chi connectivity index (χ0v) is 15.0. The zero-order valence-electron chi connectivity index (χ0n) is 14.2. The molecule has 0 aliphatic rings. The number of hydrogen-bond donors (Lipinski definition) is 2. The third-order valence-corrected chi connectivity index (χ3v) is 5.04. The highest BCUT2D eigenvalue weighted by molar-refractivity contribution is 7.86. The first-order valence-electron chi connectivity index (χ1n) is 7.88. The van der Waals surface area contributed by atoms with E-state index in [0.717, 1.165) is 25.5 Å². The molecule has 1 aromatic rings. The molecule has 0 bridgehead atoms. The second-order valence-electron chi connectivity index (χ2n) is 6.09. The second-order valence-corrected chi connectivity index (χ2v) is 8.41. The quantitative estimate of drug-likeness (QED) is 0.598. The van der Waals surface area contributed by atoms with Crippen molar-refractivity contribution < 1.29 is 4.21 Å². The van der Waals surface area contributed by atoms with Gasteiger partial charge in [-0.3, -0.25) is 9.20 Å². The van der Waals surface area contributed by atoms with Gasteiger partial charge in [0, 0.05) is 34.4 Å². The summed E-state index contributed by atoms with van der Waals surface area (Å²) in [4.78, 5) is 4.50. The average Bonchev–Trinajstić information content (AvgIpc) is 2.47. The third kappa shape index (κ3) is 7.59. The lowest BCUT2D eigenvalue weighted by molar-refractivity contribution is 0.648. The highest BCUT2D eigenvalue weighted by atomic mass is 32.2. The Hall–Kier alpha value is -1.36. The molecule has 0 aliphatic carbocycles. The number of nitrogens with one attached hydrogen (secondary N) is 2. The molecule has 1 unspecified atom stereocenters. The van der Waals surface area contributed by atoms with Crippen molar-refractivity contribution in [2.24, 2.45) is 4.99 Å². The van der Waals surface area contributed by atoms with Crippen LogP contribution in [-0.4, -0.2) is 40.3 Å². The summed E-state index contributed by atoms with van der Waals surface area (Å²) in [5, 5.41) is 6.54. The lowest BCUT2D eigenvalue weighted by atomic mass is 10.1. The molecule has 0 aliphatic heterocycles. The monoisotopic (exact) mass is 323 g/mol. The van der Waals surface area contributed by atoms with Gasteiger partial charge in [-0.05, 0) is 39.7 Å². The van der Waals surface area contributed by atoms with Gasteiger partial charge >= 0.3 is 0 Å². The van der Waals surface area contributed by atoms with Crippen LogP contribution in [0.3, 0.4) is 0 Å². The maximum Gasteiger partial charge on any atom is 0.191 e. The van der Waals surface area contributed by atoms with Crippen molar-refractivity contribution in [1.29, 1.82) is 0 Å². The fourth-order valence-electron chi connectivity index (χ4n) is 1.86. The van der Waals surface area contributed by atoms with E-state index < -0.39 is 10.8 Å². The van der Waals surface area contributed by atoms with Crippen molar-refractivity contribution >= 4 is 16.8 Å². The molecule has 2 N–H and O–H groups in total. The molecular formula is C17H29N3OS. The normalized spacial score (nSPS) is 13.7. The maximum atomic E-state index is 12.0. The van der Waals surface area contributed by atoms with Gasteiger partial charge in [-0.25, -0.2) is 0 Å². The smallest absolute Gasteiger partial charge is 0.191 e. The largest absolute Gasteiger partial charge is 0.357 e. The Morgan fingerprint density at radius 3 is 2.45 bits per heavy atom. The van der Waals surface area contributed by atoms with E-state index in [4.69, 9.17) is 0 Å². The molecule has 124 valence electrons. The van der Waals surface area contributed by atoms with Gasteiger partial charge in [-0.2, -0.15) is 0 Å². The number of guanidine groups is 1. The standard InChI is InChI=1S/C17H29N3OS/c1-5-18-16(20-13-14-22(21)17(2,3)4)19-12-11-15-9-7-6-8-10-15/h6-10H,5,11-14H2,1-4H3,(H2,18,19,20). The molecule has 0 aromatic heterocycles. The van der Waals surface area contributed by atoms with Crippen LogP contribution in [-0.2, 0) is 17.2 Å². The summed E-state index contributed by atoms with van der Waals surface area (Å²) in [6, 6.07) is 10.4. The Kier molecular flexibility index (Phi) is 8.17. The molecule has 0 spiro atoms. The van der Waals surface area contributed by atoms with Crippen molar-refractivity contribution in [2.75, 3.05) is 25.4 Å². The molecule has 5 heteroatoms. The summed E-state index contributed by atoms with van der Waals surface area (Å²) in [7, 11) is -0.856. The zero-order chi connectivity index (χ0) is 16.4. The summed E-state index contributed by atoms with van der Waals surface area (Å²) in [5.41, 5.74) is 1.31. The molecule has 0 radical (unpaired) electrons. The molecule has 0 fully saturated rings. The molecule has 1 rings (SSSR count). The van der Waals surface area contributed by atoms with Crippen LogP contribution in [0.25, 0.3) is 0 Å². The van der Waals surface area contributed by atoms with E-state index in [1.54, 1.807) is 0 Å². The van der Waals surface area contributed by atoms with Gasteiger partial charge in [-0.1, -0.05) is 30.3 Å². The minimum atomic E-state index is -0.856. The van der Waals surface area contributed by atoms with Crippen molar-refractivity contribution in [3.63, 3.8) is 0 Å². The van der Waals surface area contributed by atoms with Crippen molar-refractivity contribution in [1.82, 2.24) is 10.6 Å². The first-order chi connectivity index (χ1) is 10.4. The maximum absolute atomic E-state index is 12.0. The number of aliphatic imine (C=N–C) groups is 1. The van der Waals surface area contributed by atoms with Gasteiger partial charge in [0.2, 0.25) is 0 Å². The van der Waals surface area contributed by atoms with Crippen LogP contribution in [0.15, 0.2) is 35.3 Å². The Morgan fingerprint density at radius 1 is 1.18 bits per heavy atom. The van der Waals surface area contributed by atoms with Gasteiger partial charge in [-0.15, -0.1) is 0 Å². The van der Waals surface area contributed by atoms with Gasteiger partial charge in [0.1, 0.15) is 0 Å². The summed E-state index contributed by atoms with van der Waals surface area (Å²) in [5.74, 6) is 1.39. The molecule has 0 saturated heterocycles. The predicted molar refractivity (Wildman–Crippen MR) is 96.9 cm³/mol. The average molecular weight is 324 g/mol. The summed E-state index contributed by atoms with van der Waals surface area (Å²) in [6.07, 6.45) is 0.958. The molecule has 22 heavy (non-hydrogen) atoms. The highest BCUT2D eigenvalue weighted by Crippen LogP contribution is 2.10. The van der Waals surface area contributed by atoms with Gasteiger partial charge in [0.25, 0.3) is 0 Å². The molecular weight excluding hydrogens is 294 g/mol. The van der Waals surface area contributed by atoms with Crippen LogP contribution < -0.4 is 10.6 Å². The van der Waals surface area contributed by atoms with Crippen LogP contribution >= 0.6 is 0 Å². The van der Waals surface area contributed by atoms with E-state index in [1.807, 2.05) is 33.8 Å². The predicted octanol–water partition coefficient (Wildman–Crippen LogP) is 2.33. The minimum absolute atomic E-state index is 0.172. The Morgan fingerprint density at radius 2 is 1.86 bits per heavy atom. The fraction of sp³-hybridized carbons (Fsp3) is 0.588. The van der Waals surface area contributed by atoms with Crippen molar-refractivity contribution in [2.45, 2.75) is 38.9 Å². The number of nitrogens with zero attached hydrogens (tertiary/aromatic N) is 1. The molecule has 0 heterocycles. The van der Waals surface area contributed by atoms with Crippen LogP contribution in [0.2, 0.25) is 0 Å². The SMILES string of the molecule is CCNC(=NCCS(=O)C(C)(C)C)NCCc1ccccc1. The lowest BCUT2D eigenvalue weighted by Gasteiger charge is -2.17. The van der Waals surface area contributed by atoms with Gasteiger partial charge in [0.05, 0.1) is 6.54 Å². The number of hydrogen-bond acceptors (Lipinski definition) is 2. The van der Waals surface area contributed by atoms with Crippen molar-refractivity contribution in [3.8, 4) is 0 Å². The third-order valence-electron chi connectivity index (χ3n) is 3.12. The van der Waals surface area contributed by atoms with E-state index in [2.05, 4.69) is 39.9 Å². The molecule has 1 aromatic carbocycles. The molecule has 1 atom stereocenters. The topological polar surface area (TPSA) is 53.5 Å². The van der Waals surface area contributed by atoms with E-state index in [-0.39, 0.29) is 4.75 Å². The Balaban J connectivity index is 2.40. The molecule has 4 nitrogen and oxygen atoms in total. The summed E-state index contributed by atoms with van der Waals surface area (Å²) in [6.45, 7) is 10.3. The first kappa shape index (κ1) is 18.7. The highest BCUT2D eigenvalue weighted by Gasteiger charge is 2.18. The van der Waals surface area contributed by atoms with Crippen LogP contribution in [0, 0.1) is 0 Å². The number of benzene rings is 1. The van der Waals surface area contributed by atoms with Crippen LogP contribution in [0.1, 0.15) is 33.3 Å². The van der Waals surface area contributed by atoms with Crippen LogP contribution in [0.4, 0.5) is 0 Å². The summed E-state index contributed by atoms with van der Waals surface area (Å²) >= 11 is 0. The van der Waals surface area contributed by atoms with Gasteiger partial charge < -0.3 is 10.6 Å². The first-order valence-corrected chi connectivity index (χ1v) is 9.20. The molecule has 0 amide bonds. The number of rotatable bonds is 7. The van der Waals surface area contributed by atoms with E-state index in [0.29, 0.717) is 12.3 Å². The Bertz CT molecular complexity index is 480. The van der Waals surface area contributed by atoms with Gasteiger partial charge in [0.15, 0.2) is 5.96 Å².